The molecule has 2 atom stereocenters. The third kappa shape index (κ3) is 5.74. The molecule has 2 unspecified atom stereocenters. The summed E-state index contributed by atoms with van der Waals surface area (Å²) in [6.07, 6.45) is 6.71. The number of aliphatic hydroxyl groups excluding tert-OH is 1. The van der Waals surface area contributed by atoms with Gasteiger partial charge in [0.2, 0.25) is 0 Å². The van der Waals surface area contributed by atoms with E-state index in [-0.39, 0.29) is 11.8 Å². The Hall–Kier alpha value is -2.12. The Labute approximate surface area is 232 Å². The minimum atomic E-state index is -1.37. The minimum Gasteiger partial charge on any atom is -0.375 e. The van der Waals surface area contributed by atoms with Gasteiger partial charge in [0.15, 0.2) is 5.60 Å². The van der Waals surface area contributed by atoms with Crippen molar-refractivity contribution in [1.29, 1.82) is 0 Å². The van der Waals surface area contributed by atoms with Crippen LogP contribution in [0.25, 0.3) is 0 Å². The number of likely N-dealkylation sites (tertiary alicyclic amines) is 1. The average molecular weight is 540 g/mol. The van der Waals surface area contributed by atoms with Crippen LogP contribution in [-0.4, -0.2) is 66.2 Å². The fourth-order valence-electron chi connectivity index (χ4n) is 6.44. The van der Waals surface area contributed by atoms with Gasteiger partial charge in [0.25, 0.3) is 5.91 Å². The molecule has 1 aliphatic carbocycles. The summed E-state index contributed by atoms with van der Waals surface area (Å²) in [7, 11) is 3.67. The number of amides is 1. The van der Waals surface area contributed by atoms with Crippen molar-refractivity contribution in [3.8, 4) is 0 Å². The van der Waals surface area contributed by atoms with E-state index in [9.17, 15) is 15.0 Å². The lowest BCUT2D eigenvalue weighted by molar-refractivity contribution is -0.156. The zero-order valence-corrected chi connectivity index (χ0v) is 23.5. The standard InChI is InChI=1S/C31H42ClN3O3/c1-33(2)29(36)27-11-10-26(21-28(27)32)34-16-12-22(13-17-34)20-23-14-18-35(19-15-23)30(37)31(38,25-8-9-25)24-6-4-3-5-7-24/h3-7,10-11,21-23,25,29,36,38H,8-9,12-20H2,1-2H3. The summed E-state index contributed by atoms with van der Waals surface area (Å²) >= 11 is 6.51. The molecule has 0 bridgehead atoms. The summed E-state index contributed by atoms with van der Waals surface area (Å²) in [5.41, 5.74) is 1.23. The average Bonchev–Trinajstić information content (AvgIpc) is 3.79. The lowest BCUT2D eigenvalue weighted by Gasteiger charge is -2.40. The second-order valence-electron chi connectivity index (χ2n) is 11.9. The summed E-state index contributed by atoms with van der Waals surface area (Å²) in [5.74, 6) is 1.30. The summed E-state index contributed by atoms with van der Waals surface area (Å²) in [6.45, 7) is 3.51. The van der Waals surface area contributed by atoms with Crippen LogP contribution in [0.1, 0.15) is 62.3 Å². The number of carbonyl (C=O) groups is 1. The van der Waals surface area contributed by atoms with E-state index in [1.165, 1.54) is 6.42 Å². The van der Waals surface area contributed by atoms with Gasteiger partial charge in [-0.3, -0.25) is 9.69 Å². The molecule has 3 aliphatic rings. The van der Waals surface area contributed by atoms with Gasteiger partial charge >= 0.3 is 0 Å². The van der Waals surface area contributed by atoms with E-state index in [1.54, 1.807) is 4.90 Å². The maximum Gasteiger partial charge on any atom is 0.259 e. The van der Waals surface area contributed by atoms with Crippen molar-refractivity contribution >= 4 is 23.2 Å². The van der Waals surface area contributed by atoms with Crippen LogP contribution < -0.4 is 4.90 Å². The Morgan fingerprint density at radius 2 is 1.58 bits per heavy atom. The molecule has 0 spiro atoms. The molecule has 206 valence electrons. The van der Waals surface area contributed by atoms with Gasteiger partial charge in [-0.15, -0.1) is 0 Å². The third-order valence-electron chi connectivity index (χ3n) is 9.01. The normalized spacial score (nSPS) is 21.9. The molecule has 7 heteroatoms. The van der Waals surface area contributed by atoms with Crippen LogP contribution >= 0.6 is 11.6 Å². The first kappa shape index (κ1) is 27.4. The molecule has 6 nitrogen and oxygen atoms in total. The van der Waals surface area contributed by atoms with Crippen molar-refractivity contribution in [2.24, 2.45) is 17.8 Å². The summed E-state index contributed by atoms with van der Waals surface area (Å²) in [5, 5.41) is 22.5. The quantitative estimate of drug-likeness (QED) is 0.460. The highest BCUT2D eigenvalue weighted by atomic mass is 35.5. The Bertz CT molecular complexity index is 1090. The van der Waals surface area contributed by atoms with Gasteiger partial charge < -0.3 is 20.0 Å². The molecule has 5 rings (SSSR count). The number of benzene rings is 2. The molecule has 0 aromatic heterocycles. The van der Waals surface area contributed by atoms with Gasteiger partial charge in [0.05, 0.1) is 0 Å². The highest BCUT2D eigenvalue weighted by Crippen LogP contribution is 2.47. The number of anilines is 1. The second-order valence-corrected chi connectivity index (χ2v) is 12.3. The van der Waals surface area contributed by atoms with Gasteiger partial charge in [0, 0.05) is 48.4 Å². The van der Waals surface area contributed by atoms with Crippen LogP contribution in [0, 0.1) is 17.8 Å². The molecule has 1 saturated carbocycles. The van der Waals surface area contributed by atoms with Gasteiger partial charge in [-0.1, -0.05) is 48.0 Å². The molecule has 0 radical (unpaired) electrons. The van der Waals surface area contributed by atoms with Crippen molar-refractivity contribution in [1.82, 2.24) is 9.80 Å². The predicted octanol–water partition coefficient (Wildman–Crippen LogP) is 5.04. The van der Waals surface area contributed by atoms with Gasteiger partial charge in [-0.25, -0.2) is 0 Å². The lowest BCUT2D eigenvalue weighted by atomic mass is 9.81. The predicted molar refractivity (Wildman–Crippen MR) is 152 cm³/mol. The molecule has 38 heavy (non-hydrogen) atoms. The Morgan fingerprint density at radius 1 is 0.974 bits per heavy atom. The van der Waals surface area contributed by atoms with Crippen molar-refractivity contribution < 1.29 is 15.0 Å². The molecule has 2 aromatic rings. The smallest absolute Gasteiger partial charge is 0.259 e. The molecule has 1 amide bonds. The SMILES string of the molecule is CN(C)C(O)c1ccc(N2CCC(CC3CCN(C(=O)C(O)(c4ccccc4)C4CC4)CC3)CC2)cc1Cl. The third-order valence-corrected chi connectivity index (χ3v) is 9.33. The van der Waals surface area contributed by atoms with E-state index in [1.807, 2.05) is 61.5 Å². The van der Waals surface area contributed by atoms with Crippen molar-refractivity contribution in [3.63, 3.8) is 0 Å². The zero-order valence-electron chi connectivity index (χ0n) is 22.7. The van der Waals surface area contributed by atoms with E-state index in [2.05, 4.69) is 11.0 Å². The molecule has 2 aromatic carbocycles. The topological polar surface area (TPSA) is 67.2 Å². The minimum absolute atomic E-state index is 0.0458. The molecule has 2 saturated heterocycles. The number of rotatable bonds is 8. The van der Waals surface area contributed by atoms with Gasteiger partial charge in [-0.05, 0) is 88.6 Å². The molecule has 2 N–H and O–H groups in total. The number of nitrogens with zero attached hydrogens (tertiary/aromatic N) is 3. The van der Waals surface area contributed by atoms with E-state index in [4.69, 9.17) is 11.6 Å². The van der Waals surface area contributed by atoms with E-state index < -0.39 is 11.8 Å². The van der Waals surface area contributed by atoms with Crippen molar-refractivity contribution in [3.05, 3.63) is 64.7 Å². The van der Waals surface area contributed by atoms with E-state index in [0.29, 0.717) is 16.9 Å². The van der Waals surface area contributed by atoms with Gasteiger partial charge in [0.1, 0.15) is 6.23 Å². The van der Waals surface area contributed by atoms with Crippen LogP contribution in [0.2, 0.25) is 5.02 Å². The first-order chi connectivity index (χ1) is 18.3. The fraction of sp³-hybridized carbons (Fsp3) is 0.581. The Morgan fingerprint density at radius 3 is 2.13 bits per heavy atom. The number of hydrogen-bond acceptors (Lipinski definition) is 5. The maximum atomic E-state index is 13.5. The molecule has 2 aliphatic heterocycles. The zero-order chi connectivity index (χ0) is 26.9. The summed E-state index contributed by atoms with van der Waals surface area (Å²) in [4.78, 5) is 19.6. The molecular weight excluding hydrogens is 498 g/mol. The monoisotopic (exact) mass is 539 g/mol. The number of aliphatic hydroxyl groups is 2. The number of halogens is 1. The van der Waals surface area contributed by atoms with Crippen LogP contribution in [0.5, 0.6) is 0 Å². The second kappa shape index (κ2) is 11.5. The van der Waals surface area contributed by atoms with Crippen molar-refractivity contribution in [2.75, 3.05) is 45.2 Å². The van der Waals surface area contributed by atoms with Gasteiger partial charge in [-0.2, -0.15) is 0 Å². The highest BCUT2D eigenvalue weighted by molar-refractivity contribution is 6.31. The number of hydrogen-bond donors (Lipinski definition) is 2. The highest BCUT2D eigenvalue weighted by Gasteiger charge is 2.52. The number of piperidine rings is 2. The molecule has 2 heterocycles. The van der Waals surface area contributed by atoms with E-state index in [0.717, 1.165) is 81.5 Å². The molecule has 3 fully saturated rings. The van der Waals surface area contributed by atoms with Crippen molar-refractivity contribution in [2.45, 2.75) is 56.8 Å². The van der Waals surface area contributed by atoms with Crippen LogP contribution in [0.3, 0.4) is 0 Å². The summed E-state index contributed by atoms with van der Waals surface area (Å²) in [6, 6.07) is 15.5. The number of carbonyl (C=O) groups excluding carboxylic acids is 1. The fourth-order valence-corrected chi connectivity index (χ4v) is 6.71. The van der Waals surface area contributed by atoms with E-state index >= 15 is 0 Å². The Balaban J connectivity index is 1.11. The lowest BCUT2D eigenvalue weighted by Crippen LogP contribution is -2.51. The Kier molecular flexibility index (Phi) is 8.34. The van der Waals surface area contributed by atoms with Crippen LogP contribution in [-0.2, 0) is 10.4 Å². The maximum absolute atomic E-state index is 13.5. The molecular formula is C31H42ClN3O3. The van der Waals surface area contributed by atoms with Crippen LogP contribution in [0.4, 0.5) is 5.69 Å². The summed E-state index contributed by atoms with van der Waals surface area (Å²) < 4.78 is 0. The largest absolute Gasteiger partial charge is 0.375 e. The first-order valence-corrected chi connectivity index (χ1v) is 14.6. The van der Waals surface area contributed by atoms with Crippen LogP contribution in [0.15, 0.2) is 48.5 Å². The first-order valence-electron chi connectivity index (χ1n) is 14.2.